The molecule has 0 radical (unpaired) electrons. The van der Waals surface area contributed by atoms with Crippen LogP contribution in [-0.2, 0) is 0 Å². The minimum Gasteiger partial charge on any atom is -0.491 e. The lowest BCUT2D eigenvalue weighted by Gasteiger charge is -2.37. The highest BCUT2D eigenvalue weighted by atomic mass is 19.1. The summed E-state index contributed by atoms with van der Waals surface area (Å²) < 4.78 is 23.4. The molecule has 0 atom stereocenters. The number of alkyl halides is 1. The molecule has 0 unspecified atom stereocenters. The fourth-order valence-electron chi connectivity index (χ4n) is 1.93. The summed E-state index contributed by atoms with van der Waals surface area (Å²) in [5, 5.41) is 0. The first-order chi connectivity index (χ1) is 8.67. The van der Waals surface area contributed by atoms with Crippen molar-refractivity contribution in [3.05, 3.63) is 24.3 Å². The van der Waals surface area contributed by atoms with E-state index in [1.165, 1.54) is 0 Å². The third kappa shape index (κ3) is 3.60. The second-order valence-corrected chi connectivity index (χ2v) is 4.97. The van der Waals surface area contributed by atoms with Crippen molar-refractivity contribution in [2.45, 2.75) is 20.0 Å². The van der Waals surface area contributed by atoms with Gasteiger partial charge in [0.2, 0.25) is 0 Å². The first-order valence-electron chi connectivity index (χ1n) is 6.35. The quantitative estimate of drug-likeness (QED) is 0.778. The lowest BCUT2D eigenvalue weighted by atomic mass is 10.0. The van der Waals surface area contributed by atoms with E-state index in [1.807, 2.05) is 38.1 Å². The molecule has 2 rings (SSSR count). The molecule has 3 nitrogen and oxygen atoms in total. The van der Waals surface area contributed by atoms with E-state index in [-0.39, 0.29) is 18.7 Å². The molecule has 0 aromatic heterocycles. The molecule has 0 N–H and O–H groups in total. The number of hydrogen-bond donors (Lipinski definition) is 0. The van der Waals surface area contributed by atoms with Crippen molar-refractivity contribution in [2.24, 2.45) is 5.92 Å². The molecule has 1 aliphatic heterocycles. The SMILES string of the molecule is CC(C)Oc1ccc(OCN2CC(CF)C2)cc1. The molecule has 1 aromatic carbocycles. The van der Waals surface area contributed by atoms with Crippen LogP contribution in [0.15, 0.2) is 24.3 Å². The first-order valence-corrected chi connectivity index (χ1v) is 6.35. The Labute approximate surface area is 107 Å². The second-order valence-electron chi connectivity index (χ2n) is 4.97. The van der Waals surface area contributed by atoms with Gasteiger partial charge in [0.1, 0.15) is 18.2 Å². The minimum atomic E-state index is -0.224. The van der Waals surface area contributed by atoms with Crippen LogP contribution in [0.25, 0.3) is 0 Å². The number of halogens is 1. The fraction of sp³-hybridized carbons (Fsp3) is 0.571. The van der Waals surface area contributed by atoms with E-state index in [1.54, 1.807) is 0 Å². The lowest BCUT2D eigenvalue weighted by Crippen LogP contribution is -2.49. The predicted octanol–water partition coefficient (Wildman–Crippen LogP) is 2.71. The van der Waals surface area contributed by atoms with E-state index < -0.39 is 0 Å². The Morgan fingerprint density at radius 1 is 1.22 bits per heavy atom. The Bertz CT molecular complexity index is 361. The molecule has 0 bridgehead atoms. The van der Waals surface area contributed by atoms with Gasteiger partial charge in [-0.1, -0.05) is 0 Å². The molecule has 100 valence electrons. The molecule has 1 heterocycles. The molecular formula is C14H20FNO2. The molecule has 0 amide bonds. The molecule has 1 aliphatic rings. The van der Waals surface area contributed by atoms with Crippen LogP contribution in [-0.4, -0.2) is 37.5 Å². The largest absolute Gasteiger partial charge is 0.491 e. The highest BCUT2D eigenvalue weighted by Gasteiger charge is 2.26. The maximum Gasteiger partial charge on any atom is 0.142 e. The van der Waals surface area contributed by atoms with Crippen molar-refractivity contribution < 1.29 is 13.9 Å². The standard InChI is InChI=1S/C14H20FNO2/c1-11(2)18-14-5-3-13(4-6-14)17-10-16-8-12(7-15)9-16/h3-6,11-12H,7-10H2,1-2H3. The molecule has 1 saturated heterocycles. The first kappa shape index (κ1) is 13.1. The zero-order chi connectivity index (χ0) is 13.0. The topological polar surface area (TPSA) is 21.7 Å². The van der Waals surface area contributed by atoms with Crippen LogP contribution in [0.2, 0.25) is 0 Å². The monoisotopic (exact) mass is 253 g/mol. The Kier molecular flexibility index (Phi) is 4.42. The normalized spacial score (nSPS) is 16.7. The Morgan fingerprint density at radius 3 is 2.39 bits per heavy atom. The average Bonchev–Trinajstić information content (AvgIpc) is 2.29. The molecule has 1 fully saturated rings. The zero-order valence-electron chi connectivity index (χ0n) is 10.9. The summed E-state index contributed by atoms with van der Waals surface area (Å²) in [6.07, 6.45) is 0.176. The van der Waals surface area contributed by atoms with Gasteiger partial charge in [0.15, 0.2) is 0 Å². The van der Waals surface area contributed by atoms with Gasteiger partial charge in [-0.15, -0.1) is 0 Å². The van der Waals surface area contributed by atoms with Crippen LogP contribution >= 0.6 is 0 Å². The van der Waals surface area contributed by atoms with Crippen LogP contribution < -0.4 is 9.47 Å². The summed E-state index contributed by atoms with van der Waals surface area (Å²) in [6, 6.07) is 7.58. The van der Waals surface area contributed by atoms with Crippen LogP contribution in [0.4, 0.5) is 4.39 Å². The zero-order valence-corrected chi connectivity index (χ0v) is 10.9. The van der Waals surface area contributed by atoms with Gasteiger partial charge >= 0.3 is 0 Å². The van der Waals surface area contributed by atoms with Gasteiger partial charge in [-0.2, -0.15) is 0 Å². The van der Waals surface area contributed by atoms with Crippen molar-refractivity contribution in [3.8, 4) is 11.5 Å². The summed E-state index contributed by atoms with van der Waals surface area (Å²) in [6.45, 7) is 5.89. The van der Waals surface area contributed by atoms with Gasteiger partial charge in [-0.3, -0.25) is 9.29 Å². The summed E-state index contributed by atoms with van der Waals surface area (Å²) in [4.78, 5) is 2.09. The van der Waals surface area contributed by atoms with Crippen LogP contribution in [0.1, 0.15) is 13.8 Å². The second kappa shape index (κ2) is 6.05. The maximum absolute atomic E-state index is 12.2. The Morgan fingerprint density at radius 2 is 1.83 bits per heavy atom. The van der Waals surface area contributed by atoms with E-state index in [0.717, 1.165) is 24.6 Å². The Balaban J connectivity index is 1.73. The number of ether oxygens (including phenoxy) is 2. The van der Waals surface area contributed by atoms with Gasteiger partial charge in [0, 0.05) is 19.0 Å². The number of rotatable bonds is 6. The molecule has 0 spiro atoms. The summed E-state index contributed by atoms with van der Waals surface area (Å²) >= 11 is 0. The number of hydrogen-bond acceptors (Lipinski definition) is 3. The van der Waals surface area contributed by atoms with Crippen molar-refractivity contribution in [1.29, 1.82) is 0 Å². The highest BCUT2D eigenvalue weighted by Crippen LogP contribution is 2.20. The summed E-state index contributed by atoms with van der Waals surface area (Å²) in [7, 11) is 0. The van der Waals surface area contributed by atoms with Crippen molar-refractivity contribution in [2.75, 3.05) is 26.5 Å². The third-order valence-corrected chi connectivity index (χ3v) is 2.86. The van der Waals surface area contributed by atoms with E-state index >= 15 is 0 Å². The Hall–Kier alpha value is -1.29. The third-order valence-electron chi connectivity index (χ3n) is 2.86. The molecule has 0 saturated carbocycles. The smallest absolute Gasteiger partial charge is 0.142 e. The van der Waals surface area contributed by atoms with E-state index in [9.17, 15) is 4.39 Å². The van der Waals surface area contributed by atoms with Gasteiger partial charge in [0.05, 0.1) is 12.8 Å². The van der Waals surface area contributed by atoms with Gasteiger partial charge in [-0.25, -0.2) is 0 Å². The van der Waals surface area contributed by atoms with E-state index in [4.69, 9.17) is 9.47 Å². The fourth-order valence-corrected chi connectivity index (χ4v) is 1.93. The predicted molar refractivity (Wildman–Crippen MR) is 68.7 cm³/mol. The molecule has 4 heteroatoms. The van der Waals surface area contributed by atoms with Crippen molar-refractivity contribution in [1.82, 2.24) is 4.90 Å². The maximum atomic E-state index is 12.2. The average molecular weight is 253 g/mol. The molecular weight excluding hydrogens is 233 g/mol. The minimum absolute atomic E-state index is 0.176. The summed E-state index contributed by atoms with van der Waals surface area (Å²) in [5.41, 5.74) is 0. The summed E-state index contributed by atoms with van der Waals surface area (Å²) in [5.74, 6) is 1.86. The molecule has 0 aliphatic carbocycles. The molecule has 1 aromatic rings. The highest BCUT2D eigenvalue weighted by molar-refractivity contribution is 5.31. The van der Waals surface area contributed by atoms with Crippen molar-refractivity contribution in [3.63, 3.8) is 0 Å². The molecule has 18 heavy (non-hydrogen) atoms. The van der Waals surface area contributed by atoms with E-state index in [0.29, 0.717) is 6.73 Å². The van der Waals surface area contributed by atoms with Crippen LogP contribution in [0, 0.1) is 5.92 Å². The number of likely N-dealkylation sites (tertiary alicyclic amines) is 1. The van der Waals surface area contributed by atoms with Gasteiger partial charge in [0.25, 0.3) is 0 Å². The van der Waals surface area contributed by atoms with Gasteiger partial charge in [-0.05, 0) is 38.1 Å². The van der Waals surface area contributed by atoms with Crippen LogP contribution in [0.5, 0.6) is 11.5 Å². The number of benzene rings is 1. The number of nitrogens with zero attached hydrogens (tertiary/aromatic N) is 1. The van der Waals surface area contributed by atoms with Crippen molar-refractivity contribution >= 4 is 0 Å². The van der Waals surface area contributed by atoms with E-state index in [2.05, 4.69) is 4.90 Å². The van der Waals surface area contributed by atoms with Crippen LogP contribution in [0.3, 0.4) is 0 Å². The lowest BCUT2D eigenvalue weighted by molar-refractivity contribution is 0.0154. The van der Waals surface area contributed by atoms with Gasteiger partial charge < -0.3 is 9.47 Å².